The van der Waals surface area contributed by atoms with Gasteiger partial charge < -0.3 is 9.63 Å². The molecule has 0 saturated heterocycles. The Hall–Kier alpha value is -1.04. The van der Waals surface area contributed by atoms with Gasteiger partial charge in [0.05, 0.1) is 5.69 Å². The summed E-state index contributed by atoms with van der Waals surface area (Å²) < 4.78 is 39.7. The van der Waals surface area contributed by atoms with Crippen LogP contribution in [-0.2, 0) is 0 Å². The molecule has 1 atom stereocenters. The van der Waals surface area contributed by atoms with Gasteiger partial charge in [0.15, 0.2) is 5.76 Å². The average Bonchev–Trinajstić information content (AvgIpc) is 2.32. The van der Waals surface area contributed by atoms with E-state index in [9.17, 15) is 13.2 Å². The third kappa shape index (κ3) is 1.76. The van der Waals surface area contributed by atoms with Gasteiger partial charge in [0.25, 0.3) is 0 Å². The smallest absolute Gasteiger partial charge is 0.377 e. The van der Waals surface area contributed by atoms with Gasteiger partial charge in [0.1, 0.15) is 0 Å². The fourth-order valence-corrected chi connectivity index (χ4v) is 0.673. The first-order valence-corrected chi connectivity index (χ1v) is 3.09. The Bertz CT molecular complexity index is 268. The number of aryl methyl sites for hydroxylation is 1. The lowest BCUT2D eigenvalue weighted by molar-refractivity contribution is -0.212. The molecule has 1 unspecified atom stereocenters. The molecule has 0 bridgehead atoms. The van der Waals surface area contributed by atoms with E-state index >= 15 is 0 Å². The van der Waals surface area contributed by atoms with Crippen LogP contribution in [0.2, 0.25) is 0 Å². The molecule has 0 spiro atoms. The molecule has 0 fully saturated rings. The highest BCUT2D eigenvalue weighted by Gasteiger charge is 2.41. The molecule has 0 saturated carbocycles. The van der Waals surface area contributed by atoms with Gasteiger partial charge in [-0.1, -0.05) is 5.16 Å². The number of aromatic nitrogens is 1. The van der Waals surface area contributed by atoms with Crippen molar-refractivity contribution in [3.05, 3.63) is 17.5 Å². The second kappa shape index (κ2) is 2.78. The first kappa shape index (κ1) is 9.05. The number of aliphatic hydroxyl groups is 1. The monoisotopic (exact) mass is 181 g/mol. The van der Waals surface area contributed by atoms with Gasteiger partial charge >= 0.3 is 6.18 Å². The zero-order valence-electron chi connectivity index (χ0n) is 6.09. The molecule has 0 aromatic carbocycles. The molecule has 1 rings (SSSR count). The maximum Gasteiger partial charge on any atom is 0.421 e. The number of hydrogen-bond acceptors (Lipinski definition) is 3. The van der Waals surface area contributed by atoms with Crippen molar-refractivity contribution in [2.45, 2.75) is 19.2 Å². The molecule has 0 aliphatic carbocycles. The van der Waals surface area contributed by atoms with Crippen molar-refractivity contribution in [2.75, 3.05) is 0 Å². The summed E-state index contributed by atoms with van der Waals surface area (Å²) in [5, 5.41) is 11.8. The third-order valence-corrected chi connectivity index (χ3v) is 1.23. The highest BCUT2D eigenvalue weighted by Crippen LogP contribution is 2.32. The minimum Gasteiger partial charge on any atom is -0.377 e. The Labute approximate surface area is 65.8 Å². The molecule has 0 amide bonds. The summed E-state index contributed by atoms with van der Waals surface area (Å²) in [5.41, 5.74) is 0.299. The van der Waals surface area contributed by atoms with Gasteiger partial charge in [-0.05, 0) is 6.92 Å². The molecule has 12 heavy (non-hydrogen) atoms. The second-order valence-electron chi connectivity index (χ2n) is 2.31. The van der Waals surface area contributed by atoms with Crippen molar-refractivity contribution in [1.82, 2.24) is 5.16 Å². The van der Waals surface area contributed by atoms with Crippen LogP contribution in [0.1, 0.15) is 17.6 Å². The maximum absolute atomic E-state index is 11.8. The summed E-state index contributed by atoms with van der Waals surface area (Å²) in [7, 11) is 0. The van der Waals surface area contributed by atoms with E-state index in [-0.39, 0.29) is 0 Å². The largest absolute Gasteiger partial charge is 0.421 e. The van der Waals surface area contributed by atoms with Gasteiger partial charge in [-0.15, -0.1) is 0 Å². The molecule has 68 valence electrons. The van der Waals surface area contributed by atoms with Crippen molar-refractivity contribution in [3.63, 3.8) is 0 Å². The summed E-state index contributed by atoms with van der Waals surface area (Å²) in [4.78, 5) is 0. The molecule has 3 nitrogen and oxygen atoms in total. The lowest BCUT2D eigenvalue weighted by Gasteiger charge is -2.09. The van der Waals surface area contributed by atoms with Crippen LogP contribution in [-0.4, -0.2) is 16.4 Å². The zero-order chi connectivity index (χ0) is 9.35. The van der Waals surface area contributed by atoms with Gasteiger partial charge in [-0.25, -0.2) is 0 Å². The predicted octanol–water partition coefficient (Wildman–Crippen LogP) is 1.58. The number of aliphatic hydroxyl groups excluding tert-OH is 1. The number of halogens is 3. The van der Waals surface area contributed by atoms with Gasteiger partial charge in [0.2, 0.25) is 6.10 Å². The fraction of sp³-hybridized carbons (Fsp3) is 0.500. The summed E-state index contributed by atoms with van der Waals surface area (Å²) in [5.74, 6) is -0.583. The molecule has 1 aromatic heterocycles. The summed E-state index contributed by atoms with van der Waals surface area (Å²) >= 11 is 0. The van der Waals surface area contributed by atoms with E-state index in [4.69, 9.17) is 5.11 Å². The standard InChI is InChI=1S/C6H6F3NO2/c1-3-2-4(12-10-3)5(11)6(7,8)9/h2,5,11H,1H3. The van der Waals surface area contributed by atoms with E-state index < -0.39 is 18.0 Å². The molecule has 0 aliphatic rings. The van der Waals surface area contributed by atoms with Gasteiger partial charge in [0, 0.05) is 6.07 Å². The molecule has 1 aromatic rings. The van der Waals surface area contributed by atoms with Crippen LogP contribution in [0.4, 0.5) is 13.2 Å². The molecular weight excluding hydrogens is 175 g/mol. The first-order valence-electron chi connectivity index (χ1n) is 3.09. The lowest BCUT2D eigenvalue weighted by Crippen LogP contribution is -2.19. The first-order chi connectivity index (χ1) is 5.41. The lowest BCUT2D eigenvalue weighted by atomic mass is 10.2. The van der Waals surface area contributed by atoms with Crippen molar-refractivity contribution < 1.29 is 22.8 Å². The van der Waals surface area contributed by atoms with Crippen molar-refractivity contribution in [3.8, 4) is 0 Å². The van der Waals surface area contributed by atoms with Gasteiger partial charge in [-0.3, -0.25) is 0 Å². The Kier molecular flexibility index (Phi) is 2.10. The van der Waals surface area contributed by atoms with Crippen molar-refractivity contribution in [1.29, 1.82) is 0 Å². The number of alkyl halides is 3. The summed E-state index contributed by atoms with van der Waals surface area (Å²) in [6.07, 6.45) is -7.29. The van der Waals surface area contributed by atoms with Crippen LogP contribution in [0.3, 0.4) is 0 Å². The molecule has 0 aliphatic heterocycles. The van der Waals surface area contributed by atoms with E-state index in [1.54, 1.807) is 0 Å². The van der Waals surface area contributed by atoms with E-state index in [1.807, 2.05) is 0 Å². The fourth-order valence-electron chi connectivity index (χ4n) is 0.673. The Morgan fingerprint density at radius 1 is 1.58 bits per heavy atom. The average molecular weight is 181 g/mol. The molecule has 1 heterocycles. The molecule has 0 radical (unpaired) electrons. The Balaban J connectivity index is 2.85. The number of nitrogens with zero attached hydrogens (tertiary/aromatic N) is 1. The van der Waals surface area contributed by atoms with Gasteiger partial charge in [-0.2, -0.15) is 13.2 Å². The topological polar surface area (TPSA) is 46.3 Å². The Morgan fingerprint density at radius 3 is 2.50 bits per heavy atom. The van der Waals surface area contributed by atoms with Crippen LogP contribution in [0, 0.1) is 6.92 Å². The summed E-state index contributed by atoms with van der Waals surface area (Å²) in [6.45, 7) is 1.47. The highest BCUT2D eigenvalue weighted by atomic mass is 19.4. The minimum atomic E-state index is -4.70. The van der Waals surface area contributed by atoms with Crippen molar-refractivity contribution in [2.24, 2.45) is 0 Å². The zero-order valence-corrected chi connectivity index (χ0v) is 6.09. The Morgan fingerprint density at radius 2 is 2.17 bits per heavy atom. The minimum absolute atomic E-state index is 0.299. The number of hydrogen-bond donors (Lipinski definition) is 1. The van der Waals surface area contributed by atoms with Crippen LogP contribution in [0.25, 0.3) is 0 Å². The maximum atomic E-state index is 11.8. The normalized spacial score (nSPS) is 14.8. The molecule has 1 N–H and O–H groups in total. The van der Waals surface area contributed by atoms with E-state index in [0.29, 0.717) is 5.69 Å². The molecular formula is C6H6F3NO2. The van der Waals surface area contributed by atoms with Crippen LogP contribution >= 0.6 is 0 Å². The van der Waals surface area contributed by atoms with E-state index in [1.165, 1.54) is 6.92 Å². The second-order valence-corrected chi connectivity index (χ2v) is 2.31. The summed E-state index contributed by atoms with van der Waals surface area (Å²) in [6, 6.07) is 1.04. The quantitative estimate of drug-likeness (QED) is 0.715. The van der Waals surface area contributed by atoms with Crippen LogP contribution in [0.5, 0.6) is 0 Å². The third-order valence-electron chi connectivity index (χ3n) is 1.23. The van der Waals surface area contributed by atoms with E-state index in [0.717, 1.165) is 6.07 Å². The predicted molar refractivity (Wildman–Crippen MR) is 32.3 cm³/mol. The van der Waals surface area contributed by atoms with Crippen LogP contribution < -0.4 is 0 Å². The number of rotatable bonds is 1. The van der Waals surface area contributed by atoms with Crippen molar-refractivity contribution >= 4 is 0 Å². The highest BCUT2D eigenvalue weighted by molar-refractivity contribution is 5.07. The SMILES string of the molecule is Cc1cc(C(O)C(F)(F)F)on1. The molecule has 6 heteroatoms. The van der Waals surface area contributed by atoms with E-state index in [2.05, 4.69) is 9.68 Å². The van der Waals surface area contributed by atoms with Crippen LogP contribution in [0.15, 0.2) is 10.6 Å².